The minimum absolute atomic E-state index is 0.0494. The Bertz CT molecular complexity index is 1910. The number of aromatic hydroxyl groups is 1. The second-order valence-electron chi connectivity index (χ2n) is 14.8. The van der Waals surface area contributed by atoms with Gasteiger partial charge in [-0.05, 0) is 80.8 Å². The fourth-order valence-electron chi connectivity index (χ4n) is 8.94. The highest BCUT2D eigenvalue weighted by molar-refractivity contribution is 6.04. The first-order valence-corrected chi connectivity index (χ1v) is 17.2. The van der Waals surface area contributed by atoms with Crippen molar-refractivity contribution in [2.24, 2.45) is 5.41 Å². The smallest absolute Gasteiger partial charge is 0.319 e. The van der Waals surface area contributed by atoms with Crippen LogP contribution in [-0.2, 0) is 0 Å². The first kappa shape index (κ1) is 29.2. The molecule has 1 saturated carbocycles. The van der Waals surface area contributed by atoms with E-state index in [2.05, 4.69) is 33.0 Å². The van der Waals surface area contributed by atoms with E-state index in [4.69, 9.17) is 21.1 Å². The Balaban J connectivity index is 1.10. The molecule has 4 aliphatic heterocycles. The second-order valence-corrected chi connectivity index (χ2v) is 14.8. The number of hydrogen-bond donors (Lipinski definition) is 2. The molecule has 5 fully saturated rings. The molecule has 242 valence electrons. The van der Waals surface area contributed by atoms with Crippen LogP contribution in [0.4, 0.5) is 10.2 Å². The second kappa shape index (κ2) is 11.0. The number of piperazine rings is 2. The zero-order valence-corrected chi connectivity index (χ0v) is 26.9. The number of terminal acetylenes is 1. The monoisotopic (exact) mass is 632 g/mol. The Morgan fingerprint density at radius 3 is 2.49 bits per heavy atom. The lowest BCUT2D eigenvalue weighted by atomic mass is 9.93. The molecule has 0 amide bonds. The van der Waals surface area contributed by atoms with Crippen LogP contribution in [0, 0.1) is 23.6 Å². The number of anilines is 1. The molecular weight excluding hydrogens is 591 g/mol. The third kappa shape index (κ3) is 5.09. The Hall–Kier alpha value is -3.97. The normalized spacial score (nSPS) is 26.6. The maximum Gasteiger partial charge on any atom is 0.319 e. The summed E-state index contributed by atoms with van der Waals surface area (Å²) in [5.74, 6) is 3.04. The van der Waals surface area contributed by atoms with Crippen molar-refractivity contribution in [3.63, 3.8) is 0 Å². The first-order valence-electron chi connectivity index (χ1n) is 17.2. The first-order chi connectivity index (χ1) is 22.9. The van der Waals surface area contributed by atoms with Crippen molar-refractivity contribution >= 4 is 27.5 Å². The molecule has 1 aromatic heterocycles. The van der Waals surface area contributed by atoms with Crippen LogP contribution in [0.5, 0.6) is 11.8 Å². The highest BCUT2D eigenvalue weighted by Crippen LogP contribution is 2.49. The van der Waals surface area contributed by atoms with Gasteiger partial charge in [0, 0.05) is 84.2 Å². The number of rotatable bonds is 7. The van der Waals surface area contributed by atoms with Gasteiger partial charge >= 0.3 is 6.01 Å². The predicted molar refractivity (Wildman–Crippen MR) is 182 cm³/mol. The van der Waals surface area contributed by atoms with Gasteiger partial charge in [-0.15, -0.1) is 6.42 Å². The lowest BCUT2D eigenvalue weighted by Crippen LogP contribution is -2.54. The van der Waals surface area contributed by atoms with E-state index in [0.717, 1.165) is 75.0 Å². The third-order valence-corrected chi connectivity index (χ3v) is 11.5. The minimum Gasteiger partial charge on any atom is -0.508 e. The van der Waals surface area contributed by atoms with E-state index >= 15 is 4.39 Å². The number of nitrogens with zero attached hydrogens (tertiary/aromatic N) is 5. The molecular formula is C38H41FN6O2. The SMILES string of the molecule is C#Cc1cccc2cc(O)cc(-c3ccc4c(N5CC6CCC(C5)N6)nc(OCC5(CN6C7CCC6CN(C)C7)CC5)nc4c3F)c12. The third-order valence-electron chi connectivity index (χ3n) is 11.5. The van der Waals surface area contributed by atoms with Crippen LogP contribution in [0.3, 0.4) is 0 Å². The van der Waals surface area contributed by atoms with Gasteiger partial charge in [-0.3, -0.25) is 4.90 Å². The molecule has 1 aliphatic carbocycles. The number of hydrogen-bond acceptors (Lipinski definition) is 8. The van der Waals surface area contributed by atoms with Crippen molar-refractivity contribution < 1.29 is 14.2 Å². The van der Waals surface area contributed by atoms with Crippen LogP contribution in [0.25, 0.3) is 32.8 Å². The number of aromatic nitrogens is 2. The van der Waals surface area contributed by atoms with E-state index in [1.165, 1.54) is 12.8 Å². The molecule has 5 aliphatic rings. The van der Waals surface area contributed by atoms with E-state index in [-0.39, 0.29) is 22.7 Å². The zero-order chi connectivity index (χ0) is 31.9. The Labute approximate surface area is 274 Å². The van der Waals surface area contributed by atoms with E-state index in [0.29, 0.717) is 52.9 Å². The van der Waals surface area contributed by atoms with Crippen molar-refractivity contribution in [2.75, 3.05) is 51.3 Å². The van der Waals surface area contributed by atoms with Gasteiger partial charge in [-0.25, -0.2) is 4.39 Å². The van der Waals surface area contributed by atoms with Crippen LogP contribution in [0.1, 0.15) is 44.1 Å². The van der Waals surface area contributed by atoms with Crippen molar-refractivity contribution in [2.45, 2.75) is 62.7 Å². The highest BCUT2D eigenvalue weighted by Gasteiger charge is 2.50. The summed E-state index contributed by atoms with van der Waals surface area (Å²) in [7, 11) is 2.23. The quantitative estimate of drug-likeness (QED) is 0.271. The molecule has 0 spiro atoms. The average Bonchev–Trinajstić information content (AvgIpc) is 3.70. The Morgan fingerprint density at radius 2 is 1.77 bits per heavy atom. The standard InChI is InChI=1S/C38H41FN6O2/c1-3-23-5-4-6-24-15-29(46)16-32(33(23)24)30-11-12-31-35(34(30)39)41-37(42-36(31)44-17-25-7-8-26(18-44)40-25)47-22-38(13-14-38)21-45-27-9-10-28(45)20-43(2)19-27/h1,4-6,11-12,15-16,25-28,40,46H,7-10,13-14,17-22H2,2H3. The summed E-state index contributed by atoms with van der Waals surface area (Å²) in [6.45, 7) is 5.46. The number of halogens is 1. The number of fused-ring (bicyclic) bond motifs is 6. The molecule has 8 nitrogen and oxygen atoms in total. The summed E-state index contributed by atoms with van der Waals surface area (Å²) < 4.78 is 23.4. The number of phenols is 1. The Kier molecular flexibility index (Phi) is 6.86. The molecule has 2 N–H and O–H groups in total. The predicted octanol–water partition coefficient (Wildman–Crippen LogP) is 5.15. The van der Waals surface area contributed by atoms with Gasteiger partial charge < -0.3 is 25.0 Å². The fraction of sp³-hybridized carbons (Fsp3) is 0.474. The lowest BCUT2D eigenvalue weighted by Gasteiger charge is -2.41. The van der Waals surface area contributed by atoms with Gasteiger partial charge in [0.2, 0.25) is 0 Å². The van der Waals surface area contributed by atoms with Gasteiger partial charge in [0.25, 0.3) is 0 Å². The van der Waals surface area contributed by atoms with Crippen LogP contribution in [0.2, 0.25) is 0 Å². The largest absolute Gasteiger partial charge is 0.508 e. The maximum atomic E-state index is 16.9. The van der Waals surface area contributed by atoms with Crippen LogP contribution < -0.4 is 15.0 Å². The van der Waals surface area contributed by atoms with Crippen molar-refractivity contribution in [1.82, 2.24) is 25.1 Å². The summed E-state index contributed by atoms with van der Waals surface area (Å²) in [6.07, 6.45) is 12.9. The Morgan fingerprint density at radius 1 is 1.00 bits per heavy atom. The van der Waals surface area contributed by atoms with Crippen LogP contribution >= 0.6 is 0 Å². The van der Waals surface area contributed by atoms with Gasteiger partial charge in [0.05, 0.1) is 6.61 Å². The molecule has 4 saturated heterocycles. The van der Waals surface area contributed by atoms with E-state index < -0.39 is 5.82 Å². The molecule has 9 heteroatoms. The van der Waals surface area contributed by atoms with Crippen LogP contribution in [-0.4, -0.2) is 95.4 Å². The molecule has 4 aromatic rings. The summed E-state index contributed by atoms with van der Waals surface area (Å²) in [6, 6.07) is 14.8. The number of likely N-dealkylation sites (tertiary alicyclic amines) is 1. The number of ether oxygens (including phenoxy) is 1. The van der Waals surface area contributed by atoms with Gasteiger partial charge in [0.15, 0.2) is 5.82 Å². The van der Waals surface area contributed by atoms with E-state index in [9.17, 15) is 5.11 Å². The summed E-state index contributed by atoms with van der Waals surface area (Å²) >= 11 is 0. The van der Waals surface area contributed by atoms with E-state index in [1.54, 1.807) is 18.2 Å². The molecule has 3 aromatic carbocycles. The molecule has 4 unspecified atom stereocenters. The summed E-state index contributed by atoms with van der Waals surface area (Å²) in [5, 5.41) is 16.5. The van der Waals surface area contributed by atoms with Crippen molar-refractivity contribution in [1.29, 1.82) is 0 Å². The van der Waals surface area contributed by atoms with E-state index in [1.807, 2.05) is 24.3 Å². The van der Waals surface area contributed by atoms with Gasteiger partial charge in [-0.2, -0.15) is 9.97 Å². The fourth-order valence-corrected chi connectivity index (χ4v) is 8.94. The van der Waals surface area contributed by atoms with Gasteiger partial charge in [0.1, 0.15) is 17.1 Å². The summed E-state index contributed by atoms with van der Waals surface area (Å²) in [5.41, 5.74) is 1.83. The molecule has 5 heterocycles. The number of phenolic OH excluding ortho intramolecular Hbond substituents is 1. The summed E-state index contributed by atoms with van der Waals surface area (Å²) in [4.78, 5) is 17.3. The minimum atomic E-state index is -0.469. The number of likely N-dealkylation sites (N-methyl/N-ethyl adjacent to an activating group) is 1. The average molecular weight is 633 g/mol. The molecule has 9 rings (SSSR count). The van der Waals surface area contributed by atoms with Crippen molar-refractivity contribution in [3.05, 3.63) is 53.8 Å². The lowest BCUT2D eigenvalue weighted by molar-refractivity contribution is 0.0517. The number of nitrogens with one attached hydrogen (secondary N) is 1. The molecule has 0 radical (unpaired) electrons. The topological polar surface area (TPSA) is 77.0 Å². The molecule has 4 atom stereocenters. The van der Waals surface area contributed by atoms with Crippen LogP contribution in [0.15, 0.2) is 42.5 Å². The van der Waals surface area contributed by atoms with Crippen molar-refractivity contribution in [3.8, 4) is 35.2 Å². The highest BCUT2D eigenvalue weighted by atomic mass is 19.1. The number of benzene rings is 3. The van der Waals surface area contributed by atoms with Gasteiger partial charge in [-0.1, -0.05) is 24.1 Å². The molecule has 4 bridgehead atoms. The molecule has 47 heavy (non-hydrogen) atoms. The zero-order valence-electron chi connectivity index (χ0n) is 26.9. The maximum absolute atomic E-state index is 16.9.